The van der Waals surface area contributed by atoms with E-state index in [0.717, 1.165) is 44.9 Å². The highest BCUT2D eigenvalue weighted by Gasteiger charge is 2.62. The molecule has 4 bridgehead atoms. The Hall–Kier alpha value is -6.71. The lowest BCUT2D eigenvalue weighted by atomic mass is 9.42. The zero-order valence-corrected chi connectivity index (χ0v) is 33.4. The van der Waals surface area contributed by atoms with Crippen LogP contribution >= 0.6 is 0 Å². The lowest BCUT2D eigenvalue weighted by Crippen LogP contribution is -2.55. The van der Waals surface area contributed by atoms with Crippen LogP contribution in [0.3, 0.4) is 0 Å². The van der Waals surface area contributed by atoms with E-state index < -0.39 is 0 Å². The van der Waals surface area contributed by atoms with E-state index >= 15 is 0 Å². The zero-order valence-electron chi connectivity index (χ0n) is 33.4. The molecule has 14 rings (SSSR count). The fourth-order valence-electron chi connectivity index (χ4n) is 12.7. The van der Waals surface area contributed by atoms with Crippen molar-refractivity contribution < 1.29 is 0 Å². The quantitative estimate of drug-likeness (QED) is 0.175. The summed E-state index contributed by atoms with van der Waals surface area (Å²) in [6.07, 6.45) is 6.92. The standard InChI is InChI=1S/C57H43N3/c1-2-14-39(15-3-1)54-58-55(60-56(59-54)49-24-10-16-37-12-4-6-21-46(37)49)43-20-9-18-41(34-43)40-17-8-19-42(33-40)48-23-11-25-50-52-47-22-7-5-13-38(47)26-27-51(52)57(53(48)50)44-29-35-28-36(31-44)32-45(57)30-35/h1-27,33-36,44-45H,28-32H2. The van der Waals surface area contributed by atoms with Crippen molar-refractivity contribution in [2.45, 2.75) is 37.5 Å². The lowest BCUT2D eigenvalue weighted by Gasteiger charge is -2.61. The number of fused-ring (bicyclic) bond motifs is 6. The predicted octanol–water partition coefficient (Wildman–Crippen LogP) is 14.2. The van der Waals surface area contributed by atoms with Crippen molar-refractivity contribution in [1.82, 2.24) is 15.0 Å². The Bertz CT molecular complexity index is 3150. The minimum atomic E-state index is 0.0611. The summed E-state index contributed by atoms with van der Waals surface area (Å²) >= 11 is 0. The van der Waals surface area contributed by atoms with Crippen LogP contribution in [0.2, 0.25) is 0 Å². The molecule has 60 heavy (non-hydrogen) atoms. The fourth-order valence-corrected chi connectivity index (χ4v) is 12.7. The summed E-state index contributed by atoms with van der Waals surface area (Å²) in [6, 6.07) is 64.4. The van der Waals surface area contributed by atoms with Gasteiger partial charge < -0.3 is 0 Å². The van der Waals surface area contributed by atoms with Gasteiger partial charge >= 0.3 is 0 Å². The molecule has 1 heterocycles. The van der Waals surface area contributed by atoms with Crippen LogP contribution < -0.4 is 0 Å². The Balaban J connectivity index is 0.954. The molecule has 0 aliphatic heterocycles. The van der Waals surface area contributed by atoms with Gasteiger partial charge in [-0.05, 0) is 134 Å². The average molecular weight is 770 g/mol. The maximum atomic E-state index is 5.19. The summed E-state index contributed by atoms with van der Waals surface area (Å²) in [4.78, 5) is 15.4. The van der Waals surface area contributed by atoms with Crippen LogP contribution in [0, 0.1) is 23.7 Å². The highest BCUT2D eigenvalue weighted by Crippen LogP contribution is 2.71. The summed E-state index contributed by atoms with van der Waals surface area (Å²) in [6.45, 7) is 0. The summed E-state index contributed by atoms with van der Waals surface area (Å²) in [5.41, 5.74) is 14.2. The van der Waals surface area contributed by atoms with Crippen LogP contribution in [0.4, 0.5) is 0 Å². The topological polar surface area (TPSA) is 38.7 Å². The third kappa shape index (κ3) is 5.05. The van der Waals surface area contributed by atoms with E-state index in [-0.39, 0.29) is 5.41 Å². The molecule has 0 unspecified atom stereocenters. The molecule has 4 saturated carbocycles. The SMILES string of the molecule is c1ccc(-c2nc(-c3cccc(-c4cccc(-c5cccc6c5C5(c7ccc8ccccc8c7-6)C6CC7CC(C6)CC5C7)c4)c3)nc(-c3cccc4ccccc34)n2)cc1. The van der Waals surface area contributed by atoms with E-state index in [1.165, 1.54) is 70.7 Å². The highest BCUT2D eigenvalue weighted by molar-refractivity contribution is 6.04. The van der Waals surface area contributed by atoms with E-state index in [1.54, 1.807) is 11.1 Å². The van der Waals surface area contributed by atoms with Gasteiger partial charge in [0.15, 0.2) is 17.5 Å². The summed E-state index contributed by atoms with van der Waals surface area (Å²) in [7, 11) is 0. The van der Waals surface area contributed by atoms with Gasteiger partial charge in [0.25, 0.3) is 0 Å². The summed E-state index contributed by atoms with van der Waals surface area (Å²) < 4.78 is 0. The van der Waals surface area contributed by atoms with E-state index in [0.29, 0.717) is 29.3 Å². The molecule has 4 fully saturated rings. The molecule has 0 atom stereocenters. The molecule has 0 saturated heterocycles. The molecule has 3 nitrogen and oxygen atoms in total. The van der Waals surface area contributed by atoms with Gasteiger partial charge in [0.05, 0.1) is 0 Å². The number of rotatable bonds is 5. The van der Waals surface area contributed by atoms with E-state index in [4.69, 9.17) is 15.0 Å². The second kappa shape index (κ2) is 13.1. The third-order valence-corrected chi connectivity index (χ3v) is 14.9. The van der Waals surface area contributed by atoms with Gasteiger partial charge in [0, 0.05) is 22.1 Å². The third-order valence-electron chi connectivity index (χ3n) is 14.9. The molecule has 3 heteroatoms. The second-order valence-electron chi connectivity index (χ2n) is 18.0. The van der Waals surface area contributed by atoms with Gasteiger partial charge in [0.2, 0.25) is 0 Å². The molecule has 1 spiro atoms. The van der Waals surface area contributed by atoms with Gasteiger partial charge in [0.1, 0.15) is 0 Å². The van der Waals surface area contributed by atoms with Crippen LogP contribution in [0.15, 0.2) is 176 Å². The molecule has 5 aliphatic carbocycles. The number of nitrogens with zero attached hydrogens (tertiary/aromatic N) is 3. The van der Waals surface area contributed by atoms with Gasteiger partial charge in [-0.25, -0.2) is 15.0 Å². The molecule has 9 aromatic rings. The first-order valence-electron chi connectivity index (χ1n) is 21.9. The Labute approximate surface area is 350 Å². The second-order valence-corrected chi connectivity index (χ2v) is 18.0. The average Bonchev–Trinajstić information content (AvgIpc) is 3.62. The molecule has 5 aliphatic rings. The first-order valence-corrected chi connectivity index (χ1v) is 21.9. The smallest absolute Gasteiger partial charge is 0.164 e. The summed E-state index contributed by atoms with van der Waals surface area (Å²) in [5, 5.41) is 5.03. The van der Waals surface area contributed by atoms with Crippen molar-refractivity contribution in [2.24, 2.45) is 23.7 Å². The van der Waals surface area contributed by atoms with Gasteiger partial charge in [-0.2, -0.15) is 0 Å². The van der Waals surface area contributed by atoms with Crippen LogP contribution in [0.5, 0.6) is 0 Å². The Morgan fingerprint density at radius 3 is 1.65 bits per heavy atom. The van der Waals surface area contributed by atoms with E-state index in [2.05, 4.69) is 158 Å². The van der Waals surface area contributed by atoms with Crippen molar-refractivity contribution in [2.75, 3.05) is 0 Å². The largest absolute Gasteiger partial charge is 0.208 e. The number of benzene rings is 8. The van der Waals surface area contributed by atoms with Gasteiger partial charge in [-0.15, -0.1) is 0 Å². The van der Waals surface area contributed by atoms with Crippen molar-refractivity contribution in [1.29, 1.82) is 0 Å². The Morgan fingerprint density at radius 2 is 0.883 bits per heavy atom. The number of hydrogen-bond acceptors (Lipinski definition) is 3. The van der Waals surface area contributed by atoms with Gasteiger partial charge in [-0.3, -0.25) is 0 Å². The minimum absolute atomic E-state index is 0.0611. The molecule has 1 aromatic heterocycles. The molecule has 286 valence electrons. The molecular weight excluding hydrogens is 727 g/mol. The molecular formula is C57H43N3. The number of aromatic nitrogens is 3. The van der Waals surface area contributed by atoms with Gasteiger partial charge in [-0.1, -0.05) is 164 Å². The van der Waals surface area contributed by atoms with Crippen LogP contribution in [-0.2, 0) is 5.41 Å². The van der Waals surface area contributed by atoms with Crippen molar-refractivity contribution in [3.8, 4) is 67.5 Å². The highest BCUT2D eigenvalue weighted by atomic mass is 15.0. The van der Waals surface area contributed by atoms with Crippen LogP contribution in [0.25, 0.3) is 89.1 Å². The van der Waals surface area contributed by atoms with Crippen LogP contribution in [0.1, 0.15) is 43.2 Å². The minimum Gasteiger partial charge on any atom is -0.208 e. The monoisotopic (exact) mass is 769 g/mol. The normalized spacial score (nSPS) is 22.1. The Kier molecular flexibility index (Phi) is 7.49. The Morgan fingerprint density at radius 1 is 0.367 bits per heavy atom. The van der Waals surface area contributed by atoms with Crippen LogP contribution in [-0.4, -0.2) is 15.0 Å². The fraction of sp³-hybridized carbons (Fsp3) is 0.175. The van der Waals surface area contributed by atoms with E-state index in [1.807, 2.05) is 18.2 Å². The zero-order chi connectivity index (χ0) is 39.4. The molecule has 8 aromatic carbocycles. The predicted molar refractivity (Wildman–Crippen MR) is 245 cm³/mol. The molecule has 0 radical (unpaired) electrons. The first-order chi connectivity index (χ1) is 29.7. The lowest BCUT2D eigenvalue weighted by molar-refractivity contribution is -0.0397. The number of hydrogen-bond donors (Lipinski definition) is 0. The van der Waals surface area contributed by atoms with Crippen molar-refractivity contribution >= 4 is 21.5 Å². The molecule has 0 N–H and O–H groups in total. The van der Waals surface area contributed by atoms with Crippen molar-refractivity contribution in [3.05, 3.63) is 187 Å². The van der Waals surface area contributed by atoms with E-state index in [9.17, 15) is 0 Å². The summed E-state index contributed by atoms with van der Waals surface area (Å²) in [5.74, 6) is 5.18. The first kappa shape index (κ1) is 34.2. The van der Waals surface area contributed by atoms with Crippen molar-refractivity contribution in [3.63, 3.8) is 0 Å². The maximum Gasteiger partial charge on any atom is 0.164 e. The maximum absolute atomic E-state index is 5.19. The molecule has 0 amide bonds.